The first-order valence-electron chi connectivity index (χ1n) is 5.86. The van der Waals surface area contributed by atoms with Crippen LogP contribution in [-0.2, 0) is 0 Å². The Bertz CT molecular complexity index is 404. The van der Waals surface area contributed by atoms with Gasteiger partial charge in [-0.1, -0.05) is 35.3 Å². The number of aliphatic hydroxyl groups excluding tert-OH is 1. The van der Waals surface area contributed by atoms with Gasteiger partial charge >= 0.3 is 0 Å². The Labute approximate surface area is 112 Å². The van der Waals surface area contributed by atoms with Crippen molar-refractivity contribution >= 4 is 23.2 Å². The van der Waals surface area contributed by atoms with Crippen molar-refractivity contribution in [3.8, 4) is 0 Å². The van der Waals surface area contributed by atoms with Crippen molar-refractivity contribution in [1.29, 1.82) is 0 Å². The second kappa shape index (κ2) is 5.15. The number of hydrogen-bond acceptors (Lipinski definition) is 2. The fourth-order valence-corrected chi connectivity index (χ4v) is 2.37. The summed E-state index contributed by atoms with van der Waals surface area (Å²) in [5.41, 5.74) is 1.12. The molecule has 2 N–H and O–H groups in total. The van der Waals surface area contributed by atoms with Crippen LogP contribution in [0.2, 0.25) is 10.0 Å². The van der Waals surface area contributed by atoms with E-state index in [1.165, 1.54) is 0 Å². The molecule has 1 unspecified atom stereocenters. The molecule has 1 fully saturated rings. The van der Waals surface area contributed by atoms with Crippen molar-refractivity contribution in [2.24, 2.45) is 5.41 Å². The number of hydrogen-bond donors (Lipinski definition) is 2. The van der Waals surface area contributed by atoms with E-state index in [1.807, 2.05) is 12.1 Å². The van der Waals surface area contributed by atoms with Gasteiger partial charge in [-0.05, 0) is 31.4 Å². The molecule has 2 nitrogen and oxygen atoms in total. The Morgan fingerprint density at radius 3 is 2.71 bits per heavy atom. The number of aliphatic hydroxyl groups is 1. The first kappa shape index (κ1) is 13.2. The summed E-state index contributed by atoms with van der Waals surface area (Å²) < 4.78 is 0. The molecule has 0 aromatic heterocycles. The summed E-state index contributed by atoms with van der Waals surface area (Å²) in [5, 5.41) is 13.9. The van der Waals surface area contributed by atoms with Gasteiger partial charge in [0.25, 0.3) is 0 Å². The third-order valence-corrected chi connectivity index (χ3v) is 4.36. The minimum Gasteiger partial charge on any atom is -0.396 e. The van der Waals surface area contributed by atoms with Crippen LogP contribution in [0.3, 0.4) is 0 Å². The Hall–Kier alpha value is -0.280. The molecule has 1 atom stereocenters. The van der Waals surface area contributed by atoms with Gasteiger partial charge in [0.05, 0.1) is 10.0 Å². The third kappa shape index (κ3) is 2.94. The van der Waals surface area contributed by atoms with Crippen LogP contribution in [0.4, 0.5) is 0 Å². The van der Waals surface area contributed by atoms with E-state index in [9.17, 15) is 5.11 Å². The van der Waals surface area contributed by atoms with Crippen LogP contribution in [0.15, 0.2) is 18.2 Å². The predicted octanol–water partition coefficient (Wildman–Crippen LogP) is 3.42. The van der Waals surface area contributed by atoms with Gasteiger partial charge in [-0.2, -0.15) is 0 Å². The largest absolute Gasteiger partial charge is 0.396 e. The quantitative estimate of drug-likeness (QED) is 0.862. The summed E-state index contributed by atoms with van der Waals surface area (Å²) >= 11 is 12.2. The lowest BCUT2D eigenvalue weighted by molar-refractivity contribution is 0.204. The molecule has 0 saturated heterocycles. The van der Waals surface area contributed by atoms with E-state index in [4.69, 9.17) is 23.2 Å². The van der Waals surface area contributed by atoms with Gasteiger partial charge in [0.1, 0.15) is 0 Å². The monoisotopic (exact) mass is 273 g/mol. The first-order valence-corrected chi connectivity index (χ1v) is 6.62. The molecule has 2 rings (SSSR count). The SMILES string of the molecule is CC(NCC1(CO)CC1)c1cccc(Cl)c1Cl. The number of rotatable bonds is 5. The topological polar surface area (TPSA) is 32.3 Å². The molecule has 0 radical (unpaired) electrons. The van der Waals surface area contributed by atoms with Crippen LogP contribution in [0.1, 0.15) is 31.4 Å². The van der Waals surface area contributed by atoms with Gasteiger partial charge in [-0.15, -0.1) is 0 Å². The molecule has 0 aliphatic heterocycles. The Morgan fingerprint density at radius 1 is 1.41 bits per heavy atom. The molecule has 94 valence electrons. The minimum atomic E-state index is 0.110. The highest BCUT2D eigenvalue weighted by Crippen LogP contribution is 2.44. The van der Waals surface area contributed by atoms with Crippen LogP contribution in [0.25, 0.3) is 0 Å². The summed E-state index contributed by atoms with van der Waals surface area (Å²) in [5.74, 6) is 0. The highest BCUT2D eigenvalue weighted by molar-refractivity contribution is 6.42. The third-order valence-electron chi connectivity index (χ3n) is 3.52. The lowest BCUT2D eigenvalue weighted by atomic mass is 10.1. The molecular formula is C13H17Cl2NO. The van der Waals surface area contributed by atoms with Crippen LogP contribution < -0.4 is 5.32 Å². The maximum absolute atomic E-state index is 9.25. The van der Waals surface area contributed by atoms with E-state index in [0.29, 0.717) is 10.0 Å². The van der Waals surface area contributed by atoms with E-state index in [2.05, 4.69) is 12.2 Å². The number of benzene rings is 1. The number of halogens is 2. The van der Waals surface area contributed by atoms with E-state index in [-0.39, 0.29) is 18.1 Å². The van der Waals surface area contributed by atoms with Crippen molar-refractivity contribution < 1.29 is 5.11 Å². The molecule has 17 heavy (non-hydrogen) atoms. The Morgan fingerprint density at radius 2 is 2.12 bits per heavy atom. The molecule has 1 aliphatic carbocycles. The van der Waals surface area contributed by atoms with E-state index >= 15 is 0 Å². The maximum atomic E-state index is 9.25. The van der Waals surface area contributed by atoms with Crippen molar-refractivity contribution in [1.82, 2.24) is 5.32 Å². The first-order chi connectivity index (χ1) is 8.08. The molecule has 0 heterocycles. The average molecular weight is 274 g/mol. The number of nitrogens with one attached hydrogen (secondary N) is 1. The predicted molar refractivity (Wildman–Crippen MR) is 71.6 cm³/mol. The van der Waals surface area contributed by atoms with Crippen LogP contribution in [-0.4, -0.2) is 18.3 Å². The van der Waals surface area contributed by atoms with E-state index in [1.54, 1.807) is 6.07 Å². The Balaban J connectivity index is 2.00. The molecular weight excluding hydrogens is 257 g/mol. The summed E-state index contributed by atoms with van der Waals surface area (Å²) in [6, 6.07) is 5.81. The normalized spacial score (nSPS) is 19.1. The minimum absolute atomic E-state index is 0.110. The lowest BCUT2D eigenvalue weighted by Crippen LogP contribution is -2.29. The van der Waals surface area contributed by atoms with Gasteiger partial charge in [-0.3, -0.25) is 0 Å². The molecule has 1 aromatic rings. The highest BCUT2D eigenvalue weighted by Gasteiger charge is 2.41. The van der Waals surface area contributed by atoms with Crippen LogP contribution >= 0.6 is 23.2 Å². The van der Waals surface area contributed by atoms with Crippen LogP contribution in [0, 0.1) is 5.41 Å². The summed E-state index contributed by atoms with van der Waals surface area (Å²) in [7, 11) is 0. The van der Waals surface area contributed by atoms with Gasteiger partial charge < -0.3 is 10.4 Å². The fraction of sp³-hybridized carbons (Fsp3) is 0.538. The Kier molecular flexibility index (Phi) is 3.99. The zero-order valence-electron chi connectivity index (χ0n) is 9.84. The van der Waals surface area contributed by atoms with E-state index < -0.39 is 0 Å². The highest BCUT2D eigenvalue weighted by atomic mass is 35.5. The average Bonchev–Trinajstić information content (AvgIpc) is 3.10. The molecule has 1 aliphatic rings. The second-order valence-electron chi connectivity index (χ2n) is 4.90. The van der Waals surface area contributed by atoms with Crippen molar-refractivity contribution in [3.63, 3.8) is 0 Å². The maximum Gasteiger partial charge on any atom is 0.0639 e. The summed E-state index contributed by atoms with van der Waals surface area (Å²) in [4.78, 5) is 0. The smallest absolute Gasteiger partial charge is 0.0639 e. The zero-order valence-corrected chi connectivity index (χ0v) is 11.4. The van der Waals surface area contributed by atoms with Crippen molar-refractivity contribution in [3.05, 3.63) is 33.8 Å². The van der Waals surface area contributed by atoms with E-state index in [0.717, 1.165) is 24.9 Å². The fourth-order valence-electron chi connectivity index (χ4n) is 1.90. The molecule has 4 heteroatoms. The molecule has 1 saturated carbocycles. The molecule has 1 aromatic carbocycles. The van der Waals surface area contributed by atoms with Crippen LogP contribution in [0.5, 0.6) is 0 Å². The molecule has 0 spiro atoms. The van der Waals surface area contributed by atoms with Crippen molar-refractivity contribution in [2.45, 2.75) is 25.8 Å². The van der Waals surface area contributed by atoms with Gasteiger partial charge in [-0.25, -0.2) is 0 Å². The summed E-state index contributed by atoms with van der Waals surface area (Å²) in [6.45, 7) is 3.15. The second-order valence-corrected chi connectivity index (χ2v) is 5.69. The van der Waals surface area contributed by atoms with Gasteiger partial charge in [0.2, 0.25) is 0 Å². The standard InChI is InChI=1S/C13H17Cl2NO/c1-9(16-7-13(8-17)5-6-13)10-3-2-4-11(14)12(10)15/h2-4,9,16-17H,5-8H2,1H3. The molecule has 0 bridgehead atoms. The zero-order chi connectivity index (χ0) is 12.5. The lowest BCUT2D eigenvalue weighted by Gasteiger charge is -2.20. The van der Waals surface area contributed by atoms with Crippen molar-refractivity contribution in [2.75, 3.05) is 13.2 Å². The molecule has 0 amide bonds. The van der Waals surface area contributed by atoms with Gasteiger partial charge in [0, 0.05) is 24.6 Å². The van der Waals surface area contributed by atoms with Gasteiger partial charge in [0.15, 0.2) is 0 Å². The summed E-state index contributed by atoms with van der Waals surface area (Å²) in [6.07, 6.45) is 2.21.